The normalized spacial score (nSPS) is 9.95. The van der Waals surface area contributed by atoms with Gasteiger partial charge in [-0.05, 0) is 41.8 Å². The number of hydrogen-bond acceptors (Lipinski definition) is 3. The van der Waals surface area contributed by atoms with Crippen molar-refractivity contribution in [1.29, 1.82) is 0 Å². The topological polar surface area (TPSA) is 38.3 Å². The zero-order chi connectivity index (χ0) is 14.9. The van der Waals surface area contributed by atoms with Crippen LogP contribution in [-0.4, -0.2) is 19.6 Å². The second-order valence-corrected chi connectivity index (χ2v) is 5.08. The number of benzene rings is 1. The Labute approximate surface area is 128 Å². The molecular weight excluding hydrogens is 282 g/mol. The van der Waals surface area contributed by atoms with Crippen LogP contribution < -0.4 is 10.1 Å². The van der Waals surface area contributed by atoms with Gasteiger partial charge in [0.15, 0.2) is 0 Å². The molecule has 0 fully saturated rings. The second-order valence-electron chi connectivity index (χ2n) is 4.10. The number of methoxy groups -OCH3 is 1. The summed E-state index contributed by atoms with van der Waals surface area (Å²) in [5.74, 6) is 6.54. The van der Waals surface area contributed by atoms with E-state index >= 15 is 0 Å². The summed E-state index contributed by atoms with van der Waals surface area (Å²) in [5, 5.41) is 4.69. The summed E-state index contributed by atoms with van der Waals surface area (Å²) in [5.41, 5.74) is 0.888. The average Bonchev–Trinajstić information content (AvgIpc) is 3.03. The summed E-state index contributed by atoms with van der Waals surface area (Å²) in [6, 6.07) is 11.4. The number of nitrogens with one attached hydrogen (secondary N) is 1. The highest BCUT2D eigenvalue weighted by molar-refractivity contribution is 7.10. The predicted molar refractivity (Wildman–Crippen MR) is 86.2 cm³/mol. The highest BCUT2D eigenvalue weighted by atomic mass is 32.1. The first-order valence-electron chi connectivity index (χ1n) is 6.40. The molecule has 4 heteroatoms. The van der Waals surface area contributed by atoms with Crippen molar-refractivity contribution in [1.82, 2.24) is 5.32 Å². The molecule has 0 bridgehead atoms. The second kappa shape index (κ2) is 7.93. The van der Waals surface area contributed by atoms with Gasteiger partial charge in [-0.1, -0.05) is 17.9 Å². The molecule has 106 valence electrons. The average molecular weight is 297 g/mol. The van der Waals surface area contributed by atoms with E-state index < -0.39 is 0 Å². The smallest absolute Gasteiger partial charge is 0.244 e. The number of rotatable bonds is 4. The van der Waals surface area contributed by atoms with Gasteiger partial charge in [0, 0.05) is 16.5 Å². The molecule has 1 N–H and O–H groups in total. The van der Waals surface area contributed by atoms with E-state index in [1.54, 1.807) is 24.5 Å². The molecule has 2 aromatic rings. The van der Waals surface area contributed by atoms with Crippen molar-refractivity contribution in [2.24, 2.45) is 0 Å². The Morgan fingerprint density at radius 3 is 2.81 bits per heavy atom. The van der Waals surface area contributed by atoms with Crippen LogP contribution >= 0.6 is 11.3 Å². The molecule has 21 heavy (non-hydrogen) atoms. The molecular formula is C17H15NO2S. The zero-order valence-electron chi connectivity index (χ0n) is 11.6. The van der Waals surface area contributed by atoms with Crippen molar-refractivity contribution in [3.8, 4) is 17.6 Å². The van der Waals surface area contributed by atoms with Crippen molar-refractivity contribution in [2.75, 3.05) is 13.7 Å². The summed E-state index contributed by atoms with van der Waals surface area (Å²) < 4.78 is 5.07. The van der Waals surface area contributed by atoms with Gasteiger partial charge in [-0.2, -0.15) is 0 Å². The summed E-state index contributed by atoms with van der Waals surface area (Å²) >= 11 is 1.59. The number of ether oxygens (including phenoxy) is 1. The van der Waals surface area contributed by atoms with E-state index in [0.29, 0.717) is 6.54 Å². The number of thiophene rings is 1. The molecule has 1 aromatic heterocycles. The van der Waals surface area contributed by atoms with Crippen LogP contribution in [0.1, 0.15) is 10.4 Å². The summed E-state index contributed by atoms with van der Waals surface area (Å²) in [4.78, 5) is 12.6. The zero-order valence-corrected chi connectivity index (χ0v) is 12.4. The molecule has 0 aliphatic carbocycles. The van der Waals surface area contributed by atoms with Gasteiger partial charge in [-0.25, -0.2) is 0 Å². The Balaban J connectivity index is 1.78. The van der Waals surface area contributed by atoms with Gasteiger partial charge < -0.3 is 10.1 Å². The lowest BCUT2D eigenvalue weighted by molar-refractivity contribution is -0.116. The fourth-order valence-corrected chi connectivity index (χ4v) is 2.17. The molecule has 3 nitrogen and oxygen atoms in total. The minimum absolute atomic E-state index is 0.146. The molecule has 2 rings (SSSR count). The van der Waals surface area contributed by atoms with Gasteiger partial charge in [0.05, 0.1) is 13.7 Å². The van der Waals surface area contributed by atoms with Gasteiger partial charge in [0.25, 0.3) is 0 Å². The molecule has 1 amide bonds. The largest absolute Gasteiger partial charge is 0.497 e. The van der Waals surface area contributed by atoms with Gasteiger partial charge in [-0.15, -0.1) is 11.3 Å². The molecule has 0 unspecified atom stereocenters. The molecule has 0 saturated heterocycles. The van der Waals surface area contributed by atoms with E-state index in [1.165, 1.54) is 6.08 Å². The van der Waals surface area contributed by atoms with E-state index in [9.17, 15) is 4.79 Å². The highest BCUT2D eigenvalue weighted by Gasteiger charge is 1.93. The van der Waals surface area contributed by atoms with E-state index in [1.807, 2.05) is 41.8 Å². The lowest BCUT2D eigenvalue weighted by Crippen LogP contribution is -2.20. The molecule has 1 heterocycles. The fraction of sp³-hybridized carbons (Fsp3) is 0.118. The van der Waals surface area contributed by atoms with Crippen LogP contribution in [0.4, 0.5) is 0 Å². The third-order valence-electron chi connectivity index (χ3n) is 2.62. The van der Waals surface area contributed by atoms with Crippen LogP contribution in [0, 0.1) is 11.8 Å². The van der Waals surface area contributed by atoms with Crippen LogP contribution in [0.25, 0.3) is 6.08 Å². The maximum atomic E-state index is 11.6. The van der Waals surface area contributed by atoms with Crippen LogP contribution in [-0.2, 0) is 4.79 Å². The molecule has 0 spiro atoms. The Morgan fingerprint density at radius 1 is 1.33 bits per heavy atom. The minimum Gasteiger partial charge on any atom is -0.497 e. The number of carbonyl (C=O) groups excluding carboxylic acids is 1. The molecule has 0 radical (unpaired) electrons. The van der Waals surface area contributed by atoms with Gasteiger partial charge in [0.2, 0.25) is 5.91 Å². The minimum atomic E-state index is -0.146. The first kappa shape index (κ1) is 14.9. The van der Waals surface area contributed by atoms with E-state index in [-0.39, 0.29) is 5.91 Å². The lowest BCUT2D eigenvalue weighted by Gasteiger charge is -1.97. The Morgan fingerprint density at radius 2 is 2.14 bits per heavy atom. The maximum absolute atomic E-state index is 11.6. The van der Waals surface area contributed by atoms with Crippen molar-refractivity contribution in [2.45, 2.75) is 0 Å². The molecule has 0 atom stereocenters. The molecule has 1 aromatic carbocycles. The third kappa shape index (κ3) is 5.17. The standard InChI is InChI=1S/C17H15NO2S/c1-20-15-8-6-14(7-9-15)4-2-12-18-17(19)11-10-16-5-3-13-21-16/h3,5-11,13H,12H2,1H3,(H,18,19)/b11-10+. The van der Waals surface area contributed by atoms with Gasteiger partial charge in [-0.3, -0.25) is 4.79 Å². The molecule has 0 aliphatic rings. The molecule has 0 saturated carbocycles. The third-order valence-corrected chi connectivity index (χ3v) is 3.45. The SMILES string of the molecule is COc1ccc(C#CCNC(=O)/C=C/c2cccs2)cc1. The predicted octanol–water partition coefficient (Wildman–Crippen LogP) is 2.94. The van der Waals surface area contributed by atoms with E-state index in [4.69, 9.17) is 4.74 Å². The summed E-state index contributed by atoms with van der Waals surface area (Å²) in [6.45, 7) is 0.319. The quantitative estimate of drug-likeness (QED) is 0.696. The van der Waals surface area contributed by atoms with E-state index in [0.717, 1.165) is 16.2 Å². The first-order chi connectivity index (χ1) is 10.3. The fourth-order valence-electron chi connectivity index (χ4n) is 1.55. The Kier molecular flexibility index (Phi) is 5.62. The summed E-state index contributed by atoms with van der Waals surface area (Å²) in [7, 11) is 1.62. The lowest BCUT2D eigenvalue weighted by atomic mass is 10.2. The maximum Gasteiger partial charge on any atom is 0.244 e. The highest BCUT2D eigenvalue weighted by Crippen LogP contribution is 2.10. The Bertz CT molecular complexity index is 661. The van der Waals surface area contributed by atoms with Gasteiger partial charge >= 0.3 is 0 Å². The Hall–Kier alpha value is -2.51. The van der Waals surface area contributed by atoms with Crippen molar-refractivity contribution in [3.63, 3.8) is 0 Å². The molecule has 0 aliphatic heterocycles. The monoisotopic (exact) mass is 297 g/mol. The van der Waals surface area contributed by atoms with Crippen LogP contribution in [0.2, 0.25) is 0 Å². The van der Waals surface area contributed by atoms with Crippen LogP contribution in [0.15, 0.2) is 47.9 Å². The number of carbonyl (C=O) groups is 1. The van der Waals surface area contributed by atoms with Crippen molar-refractivity contribution < 1.29 is 9.53 Å². The first-order valence-corrected chi connectivity index (χ1v) is 7.28. The van der Waals surface area contributed by atoms with Crippen molar-refractivity contribution in [3.05, 3.63) is 58.3 Å². The van der Waals surface area contributed by atoms with Crippen LogP contribution in [0.5, 0.6) is 5.75 Å². The summed E-state index contributed by atoms with van der Waals surface area (Å²) in [6.07, 6.45) is 3.30. The van der Waals surface area contributed by atoms with Crippen LogP contribution in [0.3, 0.4) is 0 Å². The number of hydrogen-bond donors (Lipinski definition) is 1. The van der Waals surface area contributed by atoms with E-state index in [2.05, 4.69) is 17.2 Å². The van der Waals surface area contributed by atoms with Crippen molar-refractivity contribution >= 4 is 23.3 Å². The van der Waals surface area contributed by atoms with Gasteiger partial charge in [0.1, 0.15) is 5.75 Å². The number of amides is 1.